The van der Waals surface area contributed by atoms with E-state index in [1.165, 1.54) is 6.07 Å². The van der Waals surface area contributed by atoms with Gasteiger partial charge in [-0.05, 0) is 31.9 Å². The molecule has 1 aliphatic heterocycles. The molecule has 7 nitrogen and oxygen atoms in total. The van der Waals surface area contributed by atoms with Crippen LogP contribution in [0.25, 0.3) is 0 Å². The number of aliphatic hydroxyl groups excluding tert-OH is 1. The molecule has 0 unspecified atom stereocenters. The van der Waals surface area contributed by atoms with Crippen molar-refractivity contribution in [3.63, 3.8) is 0 Å². The van der Waals surface area contributed by atoms with Crippen LogP contribution in [-0.4, -0.2) is 41.9 Å². The van der Waals surface area contributed by atoms with Gasteiger partial charge in [-0.1, -0.05) is 0 Å². The van der Waals surface area contributed by atoms with Crippen molar-refractivity contribution in [2.24, 2.45) is 0 Å². The summed E-state index contributed by atoms with van der Waals surface area (Å²) < 4.78 is 26.0. The third-order valence-electron chi connectivity index (χ3n) is 3.57. The Morgan fingerprint density at radius 2 is 2.05 bits per heavy atom. The number of aryl methyl sites for hydroxylation is 1. The van der Waals surface area contributed by atoms with Crippen LogP contribution in [0.5, 0.6) is 0 Å². The van der Waals surface area contributed by atoms with Crippen molar-refractivity contribution in [3.05, 3.63) is 33.4 Å². The second kappa shape index (κ2) is 5.12. The summed E-state index contributed by atoms with van der Waals surface area (Å²) in [4.78, 5) is 10.3. The number of hydrogen-bond acceptors (Lipinski definition) is 5. The molecule has 0 amide bonds. The second-order valence-corrected chi connectivity index (χ2v) is 6.88. The number of β-amino-alcohol motifs (C(OH)–C–C–N with tert-alkyl or cyclic N) is 1. The molecule has 1 heterocycles. The van der Waals surface area contributed by atoms with Gasteiger partial charge in [0.25, 0.3) is 5.69 Å². The highest BCUT2D eigenvalue weighted by molar-refractivity contribution is 7.89. The maximum absolute atomic E-state index is 12.4. The normalized spacial score (nSPS) is 20.2. The van der Waals surface area contributed by atoms with Gasteiger partial charge in [0.05, 0.1) is 15.9 Å². The van der Waals surface area contributed by atoms with E-state index in [9.17, 15) is 23.6 Å². The molecular weight excluding hydrogens is 284 g/mol. The maximum atomic E-state index is 12.4. The zero-order valence-electron chi connectivity index (χ0n) is 11.2. The molecular formula is C12H16N2O5S. The Bertz CT molecular complexity index is 656. The van der Waals surface area contributed by atoms with E-state index in [0.717, 1.165) is 10.4 Å². The smallest absolute Gasteiger partial charge is 0.273 e. The summed E-state index contributed by atoms with van der Waals surface area (Å²) in [6, 6.07) is 2.52. The van der Waals surface area contributed by atoms with Crippen molar-refractivity contribution >= 4 is 15.7 Å². The first-order valence-corrected chi connectivity index (χ1v) is 7.61. The lowest BCUT2D eigenvalue weighted by molar-refractivity contribution is -0.385. The van der Waals surface area contributed by atoms with Crippen LogP contribution in [0, 0.1) is 24.0 Å². The van der Waals surface area contributed by atoms with Crippen molar-refractivity contribution in [2.45, 2.75) is 31.3 Å². The fourth-order valence-electron chi connectivity index (χ4n) is 2.22. The third-order valence-corrected chi connectivity index (χ3v) is 5.42. The minimum Gasteiger partial charge on any atom is -0.392 e. The lowest BCUT2D eigenvalue weighted by Crippen LogP contribution is -2.29. The molecule has 0 aliphatic carbocycles. The SMILES string of the molecule is Cc1cc(S(=O)(=O)N2CC[C@@H](O)C2)cc([N+](=O)[O-])c1C. The van der Waals surface area contributed by atoms with Gasteiger partial charge < -0.3 is 5.11 Å². The van der Waals surface area contributed by atoms with E-state index in [1.807, 2.05) is 0 Å². The standard InChI is InChI=1S/C12H16N2O5S/c1-8-5-11(6-12(9(8)2)14(16)17)20(18,19)13-4-3-10(15)7-13/h5-6,10,15H,3-4,7H2,1-2H3/t10-/m1/s1. The average molecular weight is 300 g/mol. The van der Waals surface area contributed by atoms with Crippen LogP contribution in [0.2, 0.25) is 0 Å². The third kappa shape index (κ3) is 2.54. The van der Waals surface area contributed by atoms with E-state index < -0.39 is 21.1 Å². The molecule has 0 saturated carbocycles. The Morgan fingerprint density at radius 3 is 2.55 bits per heavy atom. The molecule has 110 valence electrons. The summed E-state index contributed by atoms with van der Waals surface area (Å²) >= 11 is 0. The number of nitrogens with zero attached hydrogens (tertiary/aromatic N) is 2. The monoisotopic (exact) mass is 300 g/mol. The Kier molecular flexibility index (Phi) is 3.81. The van der Waals surface area contributed by atoms with E-state index in [4.69, 9.17) is 0 Å². The van der Waals surface area contributed by atoms with Crippen molar-refractivity contribution in [1.29, 1.82) is 0 Å². The Hall–Kier alpha value is -1.51. The Balaban J connectivity index is 2.50. The zero-order valence-corrected chi connectivity index (χ0v) is 12.1. The van der Waals surface area contributed by atoms with Gasteiger partial charge in [0.15, 0.2) is 0 Å². The number of nitro benzene ring substituents is 1. The van der Waals surface area contributed by atoms with Crippen LogP contribution in [0.15, 0.2) is 17.0 Å². The van der Waals surface area contributed by atoms with Gasteiger partial charge in [0.2, 0.25) is 10.0 Å². The maximum Gasteiger partial charge on any atom is 0.273 e. The van der Waals surface area contributed by atoms with Crippen LogP contribution < -0.4 is 0 Å². The molecule has 0 bridgehead atoms. The van der Waals surface area contributed by atoms with Gasteiger partial charge in [-0.25, -0.2) is 8.42 Å². The molecule has 1 N–H and O–H groups in total. The topological polar surface area (TPSA) is 101 Å². The van der Waals surface area contributed by atoms with Gasteiger partial charge in [-0.2, -0.15) is 4.31 Å². The van der Waals surface area contributed by atoms with E-state index in [2.05, 4.69) is 0 Å². The fourth-order valence-corrected chi connectivity index (χ4v) is 3.82. The summed E-state index contributed by atoms with van der Waals surface area (Å²) in [5.74, 6) is 0. The van der Waals surface area contributed by atoms with E-state index >= 15 is 0 Å². The summed E-state index contributed by atoms with van der Waals surface area (Å²) in [5, 5.41) is 20.4. The first-order valence-electron chi connectivity index (χ1n) is 6.17. The van der Waals surface area contributed by atoms with Crippen LogP contribution in [0.1, 0.15) is 17.5 Å². The number of nitro groups is 1. The highest BCUT2D eigenvalue weighted by Gasteiger charge is 2.33. The van der Waals surface area contributed by atoms with Crippen LogP contribution in [-0.2, 0) is 10.0 Å². The predicted molar refractivity (Wildman–Crippen MR) is 72.0 cm³/mol. The fraction of sp³-hybridized carbons (Fsp3) is 0.500. The minimum atomic E-state index is -3.80. The molecule has 0 radical (unpaired) electrons. The molecule has 2 rings (SSSR count). The molecule has 8 heteroatoms. The quantitative estimate of drug-likeness (QED) is 0.662. The van der Waals surface area contributed by atoms with Crippen LogP contribution in [0.4, 0.5) is 5.69 Å². The molecule has 1 atom stereocenters. The molecule has 0 spiro atoms. The van der Waals surface area contributed by atoms with Crippen LogP contribution in [0.3, 0.4) is 0 Å². The van der Waals surface area contributed by atoms with Gasteiger partial charge in [-0.15, -0.1) is 0 Å². The largest absolute Gasteiger partial charge is 0.392 e. The molecule has 20 heavy (non-hydrogen) atoms. The molecule has 1 fully saturated rings. The summed E-state index contributed by atoms with van der Waals surface area (Å²) in [6.45, 7) is 3.48. The van der Waals surface area contributed by atoms with E-state index in [0.29, 0.717) is 17.5 Å². The molecule has 1 aromatic rings. The number of hydrogen-bond donors (Lipinski definition) is 1. The van der Waals surface area contributed by atoms with Crippen molar-refractivity contribution in [1.82, 2.24) is 4.31 Å². The average Bonchev–Trinajstić information content (AvgIpc) is 2.79. The van der Waals surface area contributed by atoms with Crippen molar-refractivity contribution in [3.8, 4) is 0 Å². The zero-order chi connectivity index (χ0) is 15.1. The predicted octanol–water partition coefficient (Wildman–Crippen LogP) is 0.967. The van der Waals surface area contributed by atoms with Gasteiger partial charge >= 0.3 is 0 Å². The number of rotatable bonds is 3. The van der Waals surface area contributed by atoms with Crippen molar-refractivity contribution in [2.75, 3.05) is 13.1 Å². The molecule has 0 aromatic heterocycles. The minimum absolute atomic E-state index is 0.0308. The van der Waals surface area contributed by atoms with Crippen molar-refractivity contribution < 1.29 is 18.4 Å². The van der Waals surface area contributed by atoms with E-state index in [1.54, 1.807) is 13.8 Å². The first-order chi connectivity index (χ1) is 9.23. The lowest BCUT2D eigenvalue weighted by atomic mass is 10.1. The molecule has 1 aromatic carbocycles. The highest BCUT2D eigenvalue weighted by Crippen LogP contribution is 2.29. The molecule has 1 aliphatic rings. The summed E-state index contributed by atoms with van der Waals surface area (Å²) in [5.41, 5.74) is 0.802. The number of aliphatic hydroxyl groups is 1. The first kappa shape index (κ1) is 14.9. The lowest BCUT2D eigenvalue weighted by Gasteiger charge is -2.16. The number of benzene rings is 1. The Labute approximate surface area is 117 Å². The number of sulfonamides is 1. The van der Waals surface area contributed by atoms with Gasteiger partial charge in [0.1, 0.15) is 0 Å². The second-order valence-electron chi connectivity index (χ2n) is 4.95. The van der Waals surface area contributed by atoms with E-state index in [-0.39, 0.29) is 23.7 Å². The summed E-state index contributed by atoms with van der Waals surface area (Å²) in [7, 11) is -3.80. The van der Waals surface area contributed by atoms with Gasteiger partial charge in [-0.3, -0.25) is 10.1 Å². The highest BCUT2D eigenvalue weighted by atomic mass is 32.2. The summed E-state index contributed by atoms with van der Waals surface area (Å²) in [6.07, 6.45) is -0.294. The Morgan fingerprint density at radius 1 is 1.40 bits per heavy atom. The van der Waals surface area contributed by atoms with Crippen LogP contribution >= 0.6 is 0 Å². The van der Waals surface area contributed by atoms with Gasteiger partial charge in [0, 0.05) is 24.7 Å². The molecule has 1 saturated heterocycles.